The Labute approximate surface area is 78.5 Å². The normalized spacial score (nSPS) is 11.9. The number of hydrogen-bond donors (Lipinski definition) is 1. The van der Waals surface area contributed by atoms with Gasteiger partial charge in [-0.15, -0.1) is 0 Å². The number of nitrogens with two attached hydrogens (primary N) is 1. The highest BCUT2D eigenvalue weighted by atomic mass is 16.5. The lowest BCUT2D eigenvalue weighted by Gasteiger charge is -2.22. The van der Waals surface area contributed by atoms with Crippen LogP contribution in [-0.4, -0.2) is 16.7 Å². The second kappa shape index (κ2) is 4.37. The largest absolute Gasteiger partial charge is 0.340 e. The molecule has 0 aliphatic rings. The number of aryl methyl sites for hydroxylation is 1. The highest BCUT2D eigenvalue weighted by Crippen LogP contribution is 2.25. The Morgan fingerprint density at radius 1 is 1.46 bits per heavy atom. The van der Waals surface area contributed by atoms with Gasteiger partial charge < -0.3 is 10.3 Å². The molecule has 13 heavy (non-hydrogen) atoms. The van der Waals surface area contributed by atoms with Gasteiger partial charge in [0.25, 0.3) is 0 Å². The summed E-state index contributed by atoms with van der Waals surface area (Å²) in [5.41, 5.74) is 5.78. The SMILES string of the molecule is CC(C)(CCN)CCc1ncno1. The minimum absolute atomic E-state index is 0.267. The highest BCUT2D eigenvalue weighted by molar-refractivity contribution is 4.79. The minimum atomic E-state index is 0.267. The monoisotopic (exact) mass is 183 g/mol. The maximum absolute atomic E-state index is 5.51. The molecule has 0 spiro atoms. The number of nitrogens with zero attached hydrogens (tertiary/aromatic N) is 2. The molecule has 0 bridgehead atoms. The zero-order valence-corrected chi connectivity index (χ0v) is 8.29. The average Bonchev–Trinajstić information content (AvgIpc) is 2.52. The second-order valence-corrected chi connectivity index (χ2v) is 4.04. The Balaban J connectivity index is 2.33. The van der Waals surface area contributed by atoms with Gasteiger partial charge in [0.1, 0.15) is 0 Å². The van der Waals surface area contributed by atoms with Gasteiger partial charge in [-0.2, -0.15) is 4.98 Å². The Bertz CT molecular complexity index is 231. The third-order valence-electron chi connectivity index (χ3n) is 2.24. The van der Waals surface area contributed by atoms with Crippen LogP contribution in [-0.2, 0) is 6.42 Å². The lowest BCUT2D eigenvalue weighted by molar-refractivity contribution is 0.289. The van der Waals surface area contributed by atoms with Crippen LogP contribution >= 0.6 is 0 Å². The molecule has 0 aliphatic heterocycles. The van der Waals surface area contributed by atoms with Gasteiger partial charge in [0.15, 0.2) is 6.33 Å². The van der Waals surface area contributed by atoms with E-state index in [-0.39, 0.29) is 5.41 Å². The molecule has 2 N–H and O–H groups in total. The molecule has 1 aromatic rings. The van der Waals surface area contributed by atoms with Gasteiger partial charge in [-0.1, -0.05) is 19.0 Å². The topological polar surface area (TPSA) is 64.9 Å². The maximum Gasteiger partial charge on any atom is 0.226 e. The molecule has 1 rings (SSSR count). The van der Waals surface area contributed by atoms with Crippen LogP contribution < -0.4 is 5.73 Å². The summed E-state index contributed by atoms with van der Waals surface area (Å²) in [6.45, 7) is 5.14. The Kier molecular flexibility index (Phi) is 3.42. The molecule has 0 atom stereocenters. The summed E-state index contributed by atoms with van der Waals surface area (Å²) in [5.74, 6) is 0.713. The first-order valence-corrected chi connectivity index (χ1v) is 4.60. The van der Waals surface area contributed by atoms with Gasteiger partial charge in [0, 0.05) is 6.42 Å². The van der Waals surface area contributed by atoms with Gasteiger partial charge in [0.05, 0.1) is 0 Å². The van der Waals surface area contributed by atoms with Crippen LogP contribution in [0.5, 0.6) is 0 Å². The highest BCUT2D eigenvalue weighted by Gasteiger charge is 2.17. The molecular formula is C9H17N3O. The van der Waals surface area contributed by atoms with Crippen LogP contribution in [0.4, 0.5) is 0 Å². The Morgan fingerprint density at radius 3 is 2.77 bits per heavy atom. The van der Waals surface area contributed by atoms with E-state index in [0.29, 0.717) is 5.89 Å². The van der Waals surface area contributed by atoms with E-state index in [1.54, 1.807) is 0 Å². The van der Waals surface area contributed by atoms with E-state index >= 15 is 0 Å². The third kappa shape index (κ3) is 3.55. The lowest BCUT2D eigenvalue weighted by Crippen LogP contribution is -2.17. The maximum atomic E-state index is 5.51. The second-order valence-electron chi connectivity index (χ2n) is 4.04. The van der Waals surface area contributed by atoms with E-state index in [0.717, 1.165) is 25.8 Å². The van der Waals surface area contributed by atoms with Crippen molar-refractivity contribution in [1.82, 2.24) is 10.1 Å². The van der Waals surface area contributed by atoms with E-state index in [2.05, 4.69) is 24.0 Å². The van der Waals surface area contributed by atoms with Crippen molar-refractivity contribution < 1.29 is 4.52 Å². The van der Waals surface area contributed by atoms with E-state index in [1.165, 1.54) is 6.33 Å². The third-order valence-corrected chi connectivity index (χ3v) is 2.24. The van der Waals surface area contributed by atoms with Crippen molar-refractivity contribution in [3.8, 4) is 0 Å². The minimum Gasteiger partial charge on any atom is -0.340 e. The fourth-order valence-electron chi connectivity index (χ4n) is 1.27. The van der Waals surface area contributed by atoms with E-state index < -0.39 is 0 Å². The quantitative estimate of drug-likeness (QED) is 0.749. The van der Waals surface area contributed by atoms with E-state index in [1.807, 2.05) is 0 Å². The van der Waals surface area contributed by atoms with Crippen molar-refractivity contribution in [1.29, 1.82) is 0 Å². The van der Waals surface area contributed by atoms with Gasteiger partial charge in [-0.25, -0.2) is 0 Å². The number of aromatic nitrogens is 2. The molecule has 0 amide bonds. The van der Waals surface area contributed by atoms with Crippen molar-refractivity contribution in [3.05, 3.63) is 12.2 Å². The van der Waals surface area contributed by atoms with Gasteiger partial charge in [-0.3, -0.25) is 0 Å². The predicted octanol–water partition coefficient (Wildman–Crippen LogP) is 1.38. The van der Waals surface area contributed by atoms with Crippen molar-refractivity contribution in [2.24, 2.45) is 11.1 Å². The first-order chi connectivity index (χ1) is 6.14. The molecule has 4 nitrogen and oxygen atoms in total. The Hall–Kier alpha value is -0.900. The summed E-state index contributed by atoms with van der Waals surface area (Å²) >= 11 is 0. The van der Waals surface area contributed by atoms with Gasteiger partial charge in [0.2, 0.25) is 5.89 Å². The lowest BCUT2D eigenvalue weighted by atomic mass is 9.84. The van der Waals surface area contributed by atoms with E-state index in [9.17, 15) is 0 Å². The number of rotatable bonds is 5. The standard InChI is InChI=1S/C9H17N3O/c1-9(2,5-6-10)4-3-8-11-7-12-13-8/h7H,3-6,10H2,1-2H3. The van der Waals surface area contributed by atoms with Crippen LogP contribution in [0.3, 0.4) is 0 Å². The molecular weight excluding hydrogens is 166 g/mol. The van der Waals surface area contributed by atoms with Crippen molar-refractivity contribution >= 4 is 0 Å². The molecule has 0 radical (unpaired) electrons. The van der Waals surface area contributed by atoms with Crippen LogP contribution in [0.2, 0.25) is 0 Å². The summed E-state index contributed by atoms with van der Waals surface area (Å²) < 4.78 is 4.91. The summed E-state index contributed by atoms with van der Waals surface area (Å²) in [4.78, 5) is 3.97. The molecule has 4 heteroatoms. The molecule has 1 heterocycles. The molecule has 1 aromatic heterocycles. The molecule has 0 aromatic carbocycles. The van der Waals surface area contributed by atoms with Crippen molar-refractivity contribution in [2.75, 3.05) is 6.54 Å². The summed E-state index contributed by atoms with van der Waals surface area (Å²) in [7, 11) is 0. The first-order valence-electron chi connectivity index (χ1n) is 4.60. The molecule has 0 unspecified atom stereocenters. The molecule has 0 saturated carbocycles. The van der Waals surface area contributed by atoms with Gasteiger partial charge in [-0.05, 0) is 24.8 Å². The van der Waals surface area contributed by atoms with Crippen LogP contribution in [0.15, 0.2) is 10.9 Å². The van der Waals surface area contributed by atoms with Crippen molar-refractivity contribution in [2.45, 2.75) is 33.1 Å². The zero-order valence-electron chi connectivity index (χ0n) is 8.29. The molecule has 74 valence electrons. The smallest absolute Gasteiger partial charge is 0.226 e. The first kappa shape index (κ1) is 10.2. The Morgan fingerprint density at radius 2 is 2.23 bits per heavy atom. The van der Waals surface area contributed by atoms with Crippen LogP contribution in [0.1, 0.15) is 32.6 Å². The van der Waals surface area contributed by atoms with Crippen molar-refractivity contribution in [3.63, 3.8) is 0 Å². The molecule has 0 aliphatic carbocycles. The molecule has 0 fully saturated rings. The number of hydrogen-bond acceptors (Lipinski definition) is 4. The summed E-state index contributed by atoms with van der Waals surface area (Å²) in [6.07, 6.45) is 4.34. The average molecular weight is 183 g/mol. The van der Waals surface area contributed by atoms with Crippen LogP contribution in [0, 0.1) is 5.41 Å². The van der Waals surface area contributed by atoms with Gasteiger partial charge >= 0.3 is 0 Å². The predicted molar refractivity (Wildman–Crippen MR) is 50.1 cm³/mol. The molecule has 0 saturated heterocycles. The summed E-state index contributed by atoms with van der Waals surface area (Å²) in [5, 5.41) is 3.56. The van der Waals surface area contributed by atoms with Crippen LogP contribution in [0.25, 0.3) is 0 Å². The fourth-order valence-corrected chi connectivity index (χ4v) is 1.27. The summed E-state index contributed by atoms with van der Waals surface area (Å²) in [6, 6.07) is 0. The fraction of sp³-hybridized carbons (Fsp3) is 0.778. The zero-order chi connectivity index (χ0) is 9.73. The van der Waals surface area contributed by atoms with E-state index in [4.69, 9.17) is 10.3 Å².